The minimum Gasteiger partial charge on any atom is -0.333 e. The van der Waals surface area contributed by atoms with Crippen LogP contribution in [0.1, 0.15) is 22.4 Å². The van der Waals surface area contributed by atoms with E-state index in [9.17, 15) is 14.0 Å². The molecule has 0 aliphatic heterocycles. The van der Waals surface area contributed by atoms with Crippen LogP contribution in [-0.2, 0) is 11.3 Å². The first-order valence-corrected chi connectivity index (χ1v) is 10.4. The molecule has 33 heavy (non-hydrogen) atoms. The first-order valence-electron chi connectivity index (χ1n) is 10.4. The lowest BCUT2D eigenvalue weighted by atomic mass is 10.1. The van der Waals surface area contributed by atoms with Crippen molar-refractivity contribution in [1.82, 2.24) is 14.7 Å². The Labute approximate surface area is 189 Å². The molecule has 0 radical (unpaired) electrons. The number of nitrogens with one attached hydrogen (secondary N) is 1. The van der Waals surface area contributed by atoms with Crippen molar-refractivity contribution >= 4 is 11.6 Å². The third kappa shape index (κ3) is 4.59. The van der Waals surface area contributed by atoms with Gasteiger partial charge in [-0.25, -0.2) is 4.39 Å². The van der Waals surface area contributed by atoms with Gasteiger partial charge in [0.25, 0.3) is 11.4 Å². The Morgan fingerprint density at radius 2 is 1.76 bits per heavy atom. The molecule has 0 aliphatic rings. The second-order valence-electron chi connectivity index (χ2n) is 8.03. The van der Waals surface area contributed by atoms with Crippen LogP contribution in [0.25, 0.3) is 22.8 Å². The fraction of sp³-hybridized carbons (Fsp3) is 0.200. The largest absolute Gasteiger partial charge is 0.333 e. The Morgan fingerprint density at radius 1 is 1.03 bits per heavy atom. The maximum Gasteiger partial charge on any atom is 0.264 e. The average Bonchev–Trinajstić information content (AvgIpc) is 3.24. The number of nitrogens with zero attached hydrogens (tertiary/aromatic N) is 3. The fourth-order valence-electron chi connectivity index (χ4n) is 3.63. The maximum absolute atomic E-state index is 13.3. The van der Waals surface area contributed by atoms with Gasteiger partial charge in [0.15, 0.2) is 0 Å². The van der Waals surface area contributed by atoms with Gasteiger partial charge in [0.05, 0.1) is 0 Å². The zero-order valence-corrected chi connectivity index (χ0v) is 18.8. The molecule has 7 nitrogen and oxygen atoms in total. The molecule has 0 saturated heterocycles. The van der Waals surface area contributed by atoms with Gasteiger partial charge < -0.3 is 14.4 Å². The van der Waals surface area contributed by atoms with Crippen molar-refractivity contribution < 1.29 is 13.7 Å². The predicted molar refractivity (Wildman–Crippen MR) is 123 cm³/mol. The van der Waals surface area contributed by atoms with Crippen molar-refractivity contribution in [3.63, 3.8) is 0 Å². The minimum atomic E-state index is -0.405. The molecular weight excluding hydrogens is 423 g/mol. The number of amides is 1. The normalized spacial score (nSPS) is 10.9. The highest BCUT2D eigenvalue weighted by Gasteiger charge is 2.20. The Balaban J connectivity index is 1.65. The number of hydrogen-bond acceptors (Lipinski definition) is 5. The molecule has 0 unspecified atom stereocenters. The van der Waals surface area contributed by atoms with Gasteiger partial charge in [0, 0.05) is 16.9 Å². The Kier molecular flexibility index (Phi) is 5.91. The van der Waals surface area contributed by atoms with E-state index >= 15 is 0 Å². The van der Waals surface area contributed by atoms with Crippen LogP contribution in [0, 0.1) is 33.5 Å². The van der Waals surface area contributed by atoms with Gasteiger partial charge >= 0.3 is 0 Å². The summed E-state index contributed by atoms with van der Waals surface area (Å²) < 4.78 is 19.9. The lowest BCUT2D eigenvalue weighted by molar-refractivity contribution is -0.116. The summed E-state index contributed by atoms with van der Waals surface area (Å²) in [5.74, 6) is -0.413. The van der Waals surface area contributed by atoms with Crippen molar-refractivity contribution in [2.75, 3.05) is 5.32 Å². The molecule has 1 N–H and O–H groups in total. The summed E-state index contributed by atoms with van der Waals surface area (Å²) in [7, 11) is 0. The molecule has 0 bridgehead atoms. The Morgan fingerprint density at radius 3 is 2.48 bits per heavy atom. The SMILES string of the molecule is Cc1ccc(C)c(NC(=O)Cn2c(C)cc(C)c(-c3nc(-c4ccc(F)cc4)no3)c2=O)c1. The van der Waals surface area contributed by atoms with Crippen molar-refractivity contribution in [2.24, 2.45) is 0 Å². The van der Waals surface area contributed by atoms with Crippen LogP contribution in [0.15, 0.2) is 57.8 Å². The highest BCUT2D eigenvalue weighted by atomic mass is 19.1. The number of carbonyl (C=O) groups is 1. The molecule has 2 heterocycles. The van der Waals surface area contributed by atoms with Crippen molar-refractivity contribution in [3.05, 3.63) is 87.1 Å². The number of benzene rings is 2. The molecule has 2 aromatic carbocycles. The number of aromatic nitrogens is 3. The topological polar surface area (TPSA) is 90.0 Å². The number of halogens is 1. The summed E-state index contributed by atoms with van der Waals surface area (Å²) in [5.41, 5.74) is 4.33. The molecule has 2 aromatic heterocycles. The van der Waals surface area contributed by atoms with Gasteiger partial charge in [0.1, 0.15) is 17.9 Å². The van der Waals surface area contributed by atoms with E-state index in [-0.39, 0.29) is 35.5 Å². The van der Waals surface area contributed by atoms with Crippen LogP contribution < -0.4 is 10.9 Å². The van der Waals surface area contributed by atoms with E-state index in [1.165, 1.54) is 28.8 Å². The summed E-state index contributed by atoms with van der Waals surface area (Å²) in [6, 6.07) is 13.2. The lowest BCUT2D eigenvalue weighted by Crippen LogP contribution is -2.30. The molecule has 4 aromatic rings. The van der Waals surface area contributed by atoms with Crippen LogP contribution in [0.3, 0.4) is 0 Å². The van der Waals surface area contributed by atoms with E-state index in [4.69, 9.17) is 4.52 Å². The average molecular weight is 446 g/mol. The lowest BCUT2D eigenvalue weighted by Gasteiger charge is -2.14. The fourth-order valence-corrected chi connectivity index (χ4v) is 3.63. The predicted octanol–water partition coefficient (Wildman–Crippen LogP) is 4.58. The van der Waals surface area contributed by atoms with Crippen LogP contribution >= 0.6 is 0 Å². The molecule has 0 fully saturated rings. The van der Waals surface area contributed by atoms with Gasteiger partial charge in [-0.3, -0.25) is 9.59 Å². The summed E-state index contributed by atoms with van der Waals surface area (Å²) in [5, 5.41) is 6.80. The molecule has 168 valence electrons. The van der Waals surface area contributed by atoms with E-state index in [1.54, 1.807) is 19.9 Å². The molecule has 0 aliphatic carbocycles. The van der Waals surface area contributed by atoms with Gasteiger partial charge in [-0.05, 0) is 80.8 Å². The van der Waals surface area contributed by atoms with E-state index in [2.05, 4.69) is 15.5 Å². The highest BCUT2D eigenvalue weighted by Crippen LogP contribution is 2.23. The van der Waals surface area contributed by atoms with Crippen LogP contribution in [-0.4, -0.2) is 20.6 Å². The van der Waals surface area contributed by atoms with Crippen molar-refractivity contribution in [2.45, 2.75) is 34.2 Å². The second-order valence-corrected chi connectivity index (χ2v) is 8.03. The summed E-state index contributed by atoms with van der Waals surface area (Å²) in [6.07, 6.45) is 0. The number of rotatable bonds is 5. The third-order valence-corrected chi connectivity index (χ3v) is 5.42. The van der Waals surface area contributed by atoms with Gasteiger partial charge in [0.2, 0.25) is 11.7 Å². The molecule has 0 atom stereocenters. The first-order chi connectivity index (χ1) is 15.7. The van der Waals surface area contributed by atoms with Gasteiger partial charge in [-0.1, -0.05) is 17.3 Å². The van der Waals surface area contributed by atoms with Gasteiger partial charge in [-0.2, -0.15) is 4.98 Å². The quantitative estimate of drug-likeness (QED) is 0.485. The molecule has 1 amide bonds. The first kappa shape index (κ1) is 22.1. The van der Waals surface area contributed by atoms with E-state index in [0.717, 1.165) is 11.1 Å². The Bertz CT molecular complexity index is 1400. The summed E-state index contributed by atoms with van der Waals surface area (Å²) >= 11 is 0. The summed E-state index contributed by atoms with van der Waals surface area (Å²) in [4.78, 5) is 30.4. The van der Waals surface area contributed by atoms with Gasteiger partial charge in [-0.15, -0.1) is 0 Å². The minimum absolute atomic E-state index is 0.0421. The Hall–Kier alpha value is -4.07. The molecule has 0 spiro atoms. The monoisotopic (exact) mass is 446 g/mol. The van der Waals surface area contributed by atoms with Crippen LogP contribution in [0.4, 0.5) is 10.1 Å². The molecular formula is C25H23FN4O3. The van der Waals surface area contributed by atoms with Crippen molar-refractivity contribution in [1.29, 1.82) is 0 Å². The second kappa shape index (κ2) is 8.82. The van der Waals surface area contributed by atoms with E-state index < -0.39 is 5.56 Å². The van der Waals surface area contributed by atoms with E-state index in [0.29, 0.717) is 22.5 Å². The molecule has 8 heteroatoms. The zero-order chi connectivity index (χ0) is 23.7. The third-order valence-electron chi connectivity index (χ3n) is 5.42. The van der Waals surface area contributed by atoms with Crippen LogP contribution in [0.2, 0.25) is 0 Å². The maximum atomic E-state index is 13.3. The highest BCUT2D eigenvalue weighted by molar-refractivity contribution is 5.91. The van der Waals surface area contributed by atoms with Crippen molar-refractivity contribution in [3.8, 4) is 22.8 Å². The number of aryl methyl sites for hydroxylation is 4. The zero-order valence-electron chi connectivity index (χ0n) is 18.8. The smallest absolute Gasteiger partial charge is 0.264 e. The number of anilines is 1. The molecule has 0 saturated carbocycles. The number of pyridine rings is 1. The standard InChI is InChI=1S/C25H23FN4O3/c1-14-5-6-15(2)20(11-14)27-21(31)13-30-17(4)12-16(3)22(25(30)32)24-28-23(29-33-24)18-7-9-19(26)10-8-18/h5-12H,13H2,1-4H3,(H,27,31). The van der Waals surface area contributed by atoms with Crippen LogP contribution in [0.5, 0.6) is 0 Å². The molecule has 4 rings (SSSR count). The number of carbonyl (C=O) groups excluding carboxylic acids is 1. The number of hydrogen-bond donors (Lipinski definition) is 1. The summed E-state index contributed by atoms with van der Waals surface area (Å²) in [6.45, 7) is 7.22. The van der Waals surface area contributed by atoms with E-state index in [1.807, 2.05) is 32.0 Å².